The summed E-state index contributed by atoms with van der Waals surface area (Å²) >= 11 is 0. The number of nitrogens with zero attached hydrogens (tertiary/aromatic N) is 2. The van der Waals surface area contributed by atoms with Crippen molar-refractivity contribution in [3.63, 3.8) is 0 Å². The van der Waals surface area contributed by atoms with Crippen molar-refractivity contribution in [3.8, 4) is 17.2 Å². The van der Waals surface area contributed by atoms with Gasteiger partial charge in [0.15, 0.2) is 11.5 Å². The first-order chi connectivity index (χ1) is 18.8. The predicted molar refractivity (Wildman–Crippen MR) is 149 cm³/mol. The molecular formula is C31H40F2N2O4. The van der Waals surface area contributed by atoms with Crippen molar-refractivity contribution in [3.05, 3.63) is 58.7 Å². The number of halogens is 2. The standard InChI is InChI=1S/C31H40F2N2O4/c1-21(15-22-12-13-24(32)18-27(22)33)19-34(20-26-11-8-14-35(26)25-9-6-5-7-10-25)31(36)23-16-28(37-2)30(39-4)29(17-23)38-3/h12-13,15-18,25-26H,5-11,14,19-20H2,1-4H3/b21-15+/t26-/m1/s1. The minimum Gasteiger partial charge on any atom is -0.493 e. The molecule has 0 spiro atoms. The van der Waals surface area contributed by atoms with E-state index in [0.29, 0.717) is 47.5 Å². The second-order valence-electron chi connectivity index (χ2n) is 10.6. The topological polar surface area (TPSA) is 51.2 Å². The number of methoxy groups -OCH3 is 3. The molecule has 1 amide bonds. The van der Waals surface area contributed by atoms with E-state index in [1.165, 1.54) is 65.6 Å². The van der Waals surface area contributed by atoms with Crippen molar-refractivity contribution < 1.29 is 27.8 Å². The minimum atomic E-state index is -0.629. The van der Waals surface area contributed by atoms with Gasteiger partial charge in [-0.15, -0.1) is 0 Å². The molecule has 4 rings (SSSR count). The van der Waals surface area contributed by atoms with Crippen molar-refractivity contribution >= 4 is 12.0 Å². The van der Waals surface area contributed by atoms with Gasteiger partial charge >= 0.3 is 0 Å². The van der Waals surface area contributed by atoms with Crippen LogP contribution >= 0.6 is 0 Å². The van der Waals surface area contributed by atoms with Crippen molar-refractivity contribution in [2.24, 2.45) is 0 Å². The van der Waals surface area contributed by atoms with E-state index in [0.717, 1.165) is 31.0 Å². The van der Waals surface area contributed by atoms with Gasteiger partial charge in [-0.3, -0.25) is 9.69 Å². The third kappa shape index (κ3) is 6.90. The summed E-state index contributed by atoms with van der Waals surface area (Å²) in [4.78, 5) is 18.5. The molecule has 1 saturated carbocycles. The molecule has 2 aromatic carbocycles. The van der Waals surface area contributed by atoms with Crippen LogP contribution in [0, 0.1) is 11.6 Å². The van der Waals surface area contributed by atoms with Gasteiger partial charge in [0.2, 0.25) is 5.75 Å². The molecule has 1 saturated heterocycles. The Balaban J connectivity index is 1.64. The summed E-state index contributed by atoms with van der Waals surface area (Å²) in [6.07, 6.45) is 10.1. The van der Waals surface area contributed by atoms with E-state index in [2.05, 4.69) is 4.90 Å². The number of carbonyl (C=O) groups excluding carboxylic acids is 1. The lowest BCUT2D eigenvalue weighted by atomic mass is 9.93. The predicted octanol–water partition coefficient (Wildman–Crippen LogP) is 6.33. The molecule has 2 aliphatic rings. The third-order valence-corrected chi connectivity index (χ3v) is 7.90. The fourth-order valence-corrected chi connectivity index (χ4v) is 6.04. The molecule has 0 unspecified atom stereocenters. The Morgan fingerprint density at radius 3 is 2.28 bits per heavy atom. The molecule has 0 bridgehead atoms. The highest BCUT2D eigenvalue weighted by molar-refractivity contribution is 5.96. The number of ether oxygens (including phenoxy) is 3. The number of hydrogen-bond donors (Lipinski definition) is 0. The summed E-state index contributed by atoms with van der Waals surface area (Å²) < 4.78 is 44.2. The molecular weight excluding hydrogens is 502 g/mol. The maximum Gasteiger partial charge on any atom is 0.254 e. The summed E-state index contributed by atoms with van der Waals surface area (Å²) in [6.45, 7) is 3.79. The van der Waals surface area contributed by atoms with E-state index in [4.69, 9.17) is 14.2 Å². The highest BCUT2D eigenvalue weighted by Crippen LogP contribution is 2.39. The van der Waals surface area contributed by atoms with Crippen LogP contribution in [0.5, 0.6) is 17.2 Å². The second kappa shape index (κ2) is 13.3. The van der Waals surface area contributed by atoms with Gasteiger partial charge in [-0.2, -0.15) is 0 Å². The number of carbonyl (C=O) groups is 1. The normalized spacial score (nSPS) is 18.7. The highest BCUT2D eigenvalue weighted by Gasteiger charge is 2.34. The van der Waals surface area contributed by atoms with Gasteiger partial charge in [0.1, 0.15) is 11.6 Å². The maximum atomic E-state index is 14.4. The lowest BCUT2D eigenvalue weighted by molar-refractivity contribution is 0.0671. The van der Waals surface area contributed by atoms with Crippen LogP contribution in [0.4, 0.5) is 8.78 Å². The summed E-state index contributed by atoms with van der Waals surface area (Å²) in [6, 6.07) is 7.69. The Morgan fingerprint density at radius 2 is 1.67 bits per heavy atom. The minimum absolute atomic E-state index is 0.169. The van der Waals surface area contributed by atoms with Crippen molar-refractivity contribution in [1.29, 1.82) is 0 Å². The summed E-state index contributed by atoms with van der Waals surface area (Å²) in [5, 5.41) is 0. The monoisotopic (exact) mass is 542 g/mol. The molecule has 2 aromatic rings. The zero-order valence-electron chi connectivity index (χ0n) is 23.5. The Bertz CT molecular complexity index is 1150. The smallest absolute Gasteiger partial charge is 0.254 e. The van der Waals surface area contributed by atoms with Gasteiger partial charge in [-0.05, 0) is 63.4 Å². The van der Waals surface area contributed by atoms with Crippen molar-refractivity contribution in [2.45, 2.75) is 64.0 Å². The Hall–Kier alpha value is -3.13. The van der Waals surface area contributed by atoms with E-state index >= 15 is 0 Å². The molecule has 0 radical (unpaired) electrons. The molecule has 8 heteroatoms. The fraction of sp³-hybridized carbons (Fsp3) is 0.516. The lowest BCUT2D eigenvalue weighted by Gasteiger charge is -2.38. The van der Waals surface area contributed by atoms with Crippen molar-refractivity contribution in [1.82, 2.24) is 9.80 Å². The van der Waals surface area contributed by atoms with Crippen LogP contribution in [-0.4, -0.2) is 68.8 Å². The van der Waals surface area contributed by atoms with Gasteiger partial charge < -0.3 is 19.1 Å². The highest BCUT2D eigenvalue weighted by atomic mass is 19.1. The second-order valence-corrected chi connectivity index (χ2v) is 10.6. The zero-order valence-corrected chi connectivity index (χ0v) is 23.5. The number of rotatable bonds is 10. The van der Waals surface area contributed by atoms with Crippen LogP contribution in [-0.2, 0) is 0 Å². The van der Waals surface area contributed by atoms with Crippen molar-refractivity contribution in [2.75, 3.05) is 41.0 Å². The van der Waals surface area contributed by atoms with Gasteiger partial charge in [0.25, 0.3) is 5.91 Å². The quantitative estimate of drug-likeness (QED) is 0.351. The molecule has 0 aromatic heterocycles. The van der Waals surface area contributed by atoms with Crippen LogP contribution in [0.2, 0.25) is 0 Å². The maximum absolute atomic E-state index is 14.4. The molecule has 39 heavy (non-hydrogen) atoms. The van der Waals surface area contributed by atoms with Crippen LogP contribution in [0.15, 0.2) is 35.9 Å². The molecule has 1 aliphatic heterocycles. The van der Waals surface area contributed by atoms with E-state index in [1.54, 1.807) is 18.2 Å². The van der Waals surface area contributed by atoms with Gasteiger partial charge in [0.05, 0.1) is 21.3 Å². The summed E-state index contributed by atoms with van der Waals surface area (Å²) in [7, 11) is 4.57. The largest absolute Gasteiger partial charge is 0.493 e. The van der Waals surface area contributed by atoms with Gasteiger partial charge in [-0.1, -0.05) is 30.9 Å². The van der Waals surface area contributed by atoms with E-state index < -0.39 is 11.6 Å². The Morgan fingerprint density at radius 1 is 0.974 bits per heavy atom. The molecule has 212 valence electrons. The van der Waals surface area contributed by atoms with E-state index in [-0.39, 0.29) is 11.9 Å². The average molecular weight is 543 g/mol. The van der Waals surface area contributed by atoms with Gasteiger partial charge in [-0.25, -0.2) is 8.78 Å². The van der Waals surface area contributed by atoms with Gasteiger partial charge in [0, 0.05) is 42.4 Å². The number of amides is 1. The number of hydrogen-bond acceptors (Lipinski definition) is 5. The van der Waals surface area contributed by atoms with Crippen LogP contribution in [0.3, 0.4) is 0 Å². The van der Waals surface area contributed by atoms with Crippen LogP contribution in [0.25, 0.3) is 6.08 Å². The van der Waals surface area contributed by atoms with Crippen LogP contribution < -0.4 is 14.2 Å². The molecule has 1 heterocycles. The third-order valence-electron chi connectivity index (χ3n) is 7.90. The molecule has 0 N–H and O–H groups in total. The number of likely N-dealkylation sites (tertiary alicyclic amines) is 1. The fourth-order valence-electron chi connectivity index (χ4n) is 6.04. The SMILES string of the molecule is COc1cc(C(=O)N(C/C(C)=C/c2ccc(F)cc2F)C[C@H]2CCCN2C2CCCCC2)cc(OC)c1OC. The first-order valence-electron chi connectivity index (χ1n) is 13.8. The Kier molecular flexibility index (Phi) is 9.83. The first kappa shape index (κ1) is 28.9. The number of benzene rings is 2. The molecule has 6 nitrogen and oxygen atoms in total. The Labute approximate surface area is 230 Å². The average Bonchev–Trinajstić information content (AvgIpc) is 3.41. The van der Waals surface area contributed by atoms with E-state index in [9.17, 15) is 13.6 Å². The summed E-state index contributed by atoms with van der Waals surface area (Å²) in [5.74, 6) is -0.181. The zero-order chi connectivity index (χ0) is 27.9. The van der Waals surface area contributed by atoms with Crippen LogP contribution in [0.1, 0.15) is 67.8 Å². The lowest BCUT2D eigenvalue weighted by Crippen LogP contribution is -2.47. The molecule has 2 fully saturated rings. The molecule has 1 aliphatic carbocycles. The first-order valence-corrected chi connectivity index (χ1v) is 13.8. The molecule has 1 atom stereocenters. The van der Waals surface area contributed by atoms with E-state index in [1.807, 2.05) is 11.8 Å². The summed E-state index contributed by atoms with van der Waals surface area (Å²) in [5.41, 5.74) is 1.51.